The highest BCUT2D eigenvalue weighted by molar-refractivity contribution is 5.87. The third-order valence-electron chi connectivity index (χ3n) is 4.02. The minimum absolute atomic E-state index is 0.00510. The summed E-state index contributed by atoms with van der Waals surface area (Å²) in [4.78, 5) is 23.5. The van der Waals surface area contributed by atoms with Crippen molar-refractivity contribution in [3.05, 3.63) is 0 Å². The lowest BCUT2D eigenvalue weighted by Gasteiger charge is -2.27. The van der Waals surface area contributed by atoms with Crippen molar-refractivity contribution in [1.82, 2.24) is 10.6 Å². The van der Waals surface area contributed by atoms with Crippen molar-refractivity contribution >= 4 is 11.8 Å². The summed E-state index contributed by atoms with van der Waals surface area (Å²) in [5, 5.41) is 14.8. The van der Waals surface area contributed by atoms with Crippen molar-refractivity contribution in [2.24, 2.45) is 11.8 Å². The van der Waals surface area contributed by atoms with Gasteiger partial charge in [0.05, 0.1) is 0 Å². The van der Waals surface area contributed by atoms with E-state index >= 15 is 0 Å². The predicted octanol–water partition coefficient (Wildman–Crippen LogP) is 0.814. The van der Waals surface area contributed by atoms with Gasteiger partial charge in [0, 0.05) is 19.6 Å². The molecule has 0 radical (unpaired) electrons. The van der Waals surface area contributed by atoms with Crippen molar-refractivity contribution in [2.75, 3.05) is 6.61 Å². The molecule has 110 valence electrons. The molecule has 0 bridgehead atoms. The monoisotopic (exact) mass is 270 g/mol. The molecular weight excluding hydrogens is 244 g/mol. The smallest absolute Gasteiger partial charge is 0.243 e. The van der Waals surface area contributed by atoms with Gasteiger partial charge in [0.15, 0.2) is 0 Å². The lowest BCUT2D eigenvalue weighted by molar-refractivity contribution is -0.130. The number of amides is 2. The molecule has 3 N–H and O–H groups in total. The van der Waals surface area contributed by atoms with Gasteiger partial charge in [-0.1, -0.05) is 19.8 Å². The summed E-state index contributed by atoms with van der Waals surface area (Å²) >= 11 is 0. The average molecular weight is 270 g/mol. The SMILES string of the molecule is CC(=O)NC(C(=O)NC(C)C(C)CO)C1CCCC1. The Morgan fingerprint density at radius 3 is 2.26 bits per heavy atom. The number of hydrogen-bond donors (Lipinski definition) is 3. The van der Waals surface area contributed by atoms with Gasteiger partial charge in [-0.2, -0.15) is 0 Å². The van der Waals surface area contributed by atoms with Gasteiger partial charge >= 0.3 is 0 Å². The lowest BCUT2D eigenvalue weighted by atomic mass is 9.96. The van der Waals surface area contributed by atoms with Crippen LogP contribution in [0.5, 0.6) is 0 Å². The number of carbonyl (C=O) groups excluding carboxylic acids is 2. The first-order chi connectivity index (χ1) is 8.95. The van der Waals surface area contributed by atoms with E-state index in [9.17, 15) is 9.59 Å². The Hall–Kier alpha value is -1.10. The van der Waals surface area contributed by atoms with Crippen LogP contribution < -0.4 is 10.6 Å². The van der Waals surface area contributed by atoms with Gasteiger partial charge in [-0.05, 0) is 31.6 Å². The molecule has 0 heterocycles. The number of carbonyl (C=O) groups is 2. The minimum atomic E-state index is -0.437. The van der Waals surface area contributed by atoms with Crippen LogP contribution in [0.15, 0.2) is 0 Å². The zero-order valence-electron chi connectivity index (χ0n) is 12.1. The van der Waals surface area contributed by atoms with Crippen LogP contribution in [-0.4, -0.2) is 35.6 Å². The second-order valence-electron chi connectivity index (χ2n) is 5.68. The first kappa shape index (κ1) is 16.0. The Morgan fingerprint density at radius 1 is 1.21 bits per heavy atom. The maximum absolute atomic E-state index is 12.3. The van der Waals surface area contributed by atoms with E-state index in [0.717, 1.165) is 25.7 Å². The molecule has 5 nitrogen and oxygen atoms in total. The van der Waals surface area contributed by atoms with Crippen molar-refractivity contribution in [3.63, 3.8) is 0 Å². The van der Waals surface area contributed by atoms with E-state index in [4.69, 9.17) is 5.11 Å². The molecule has 0 aromatic heterocycles. The summed E-state index contributed by atoms with van der Waals surface area (Å²) in [6.07, 6.45) is 4.22. The van der Waals surface area contributed by atoms with E-state index in [1.165, 1.54) is 6.92 Å². The largest absolute Gasteiger partial charge is 0.396 e. The molecule has 0 spiro atoms. The number of hydrogen-bond acceptors (Lipinski definition) is 3. The third kappa shape index (κ3) is 4.82. The summed E-state index contributed by atoms with van der Waals surface area (Å²) in [6.45, 7) is 5.23. The molecule has 5 heteroatoms. The second kappa shape index (κ2) is 7.48. The van der Waals surface area contributed by atoms with Crippen LogP contribution in [0.1, 0.15) is 46.5 Å². The predicted molar refractivity (Wildman–Crippen MR) is 73.4 cm³/mol. The Kier molecular flexibility index (Phi) is 6.28. The fourth-order valence-electron chi connectivity index (χ4n) is 2.52. The molecule has 19 heavy (non-hydrogen) atoms. The normalized spacial score (nSPS) is 20.6. The Balaban J connectivity index is 2.62. The summed E-state index contributed by atoms with van der Waals surface area (Å²) in [6, 6.07) is -0.538. The Morgan fingerprint density at radius 2 is 1.79 bits per heavy atom. The molecule has 1 fully saturated rings. The van der Waals surface area contributed by atoms with Gasteiger partial charge in [-0.25, -0.2) is 0 Å². The molecule has 3 atom stereocenters. The maximum Gasteiger partial charge on any atom is 0.243 e. The number of nitrogens with one attached hydrogen (secondary N) is 2. The van der Waals surface area contributed by atoms with Crippen LogP contribution in [0.4, 0.5) is 0 Å². The number of aliphatic hydroxyl groups is 1. The average Bonchev–Trinajstić information content (AvgIpc) is 2.87. The summed E-state index contributed by atoms with van der Waals surface area (Å²) < 4.78 is 0. The van der Waals surface area contributed by atoms with Gasteiger partial charge < -0.3 is 15.7 Å². The summed E-state index contributed by atoms with van der Waals surface area (Å²) in [5.74, 6) is -0.0594. The number of rotatable bonds is 6. The van der Waals surface area contributed by atoms with Crippen LogP contribution in [-0.2, 0) is 9.59 Å². The quantitative estimate of drug-likeness (QED) is 0.668. The molecular formula is C14H26N2O3. The standard InChI is InChI=1S/C14H26N2O3/c1-9(8-17)10(2)15-14(19)13(16-11(3)18)12-6-4-5-7-12/h9-10,12-13,17H,4-8H2,1-3H3,(H,15,19)(H,16,18). The molecule has 0 aromatic rings. The highest BCUT2D eigenvalue weighted by Gasteiger charge is 2.32. The van der Waals surface area contributed by atoms with E-state index < -0.39 is 6.04 Å². The maximum atomic E-state index is 12.3. The molecule has 3 unspecified atom stereocenters. The van der Waals surface area contributed by atoms with Gasteiger partial charge in [0.25, 0.3) is 0 Å². The zero-order chi connectivity index (χ0) is 14.4. The van der Waals surface area contributed by atoms with Crippen LogP contribution in [0.2, 0.25) is 0 Å². The highest BCUT2D eigenvalue weighted by atomic mass is 16.3. The van der Waals surface area contributed by atoms with E-state index in [1.54, 1.807) is 0 Å². The van der Waals surface area contributed by atoms with Crippen molar-refractivity contribution in [2.45, 2.75) is 58.5 Å². The molecule has 2 amide bonds. The van der Waals surface area contributed by atoms with Crippen LogP contribution >= 0.6 is 0 Å². The van der Waals surface area contributed by atoms with Gasteiger partial charge in [-0.15, -0.1) is 0 Å². The molecule has 1 saturated carbocycles. The fraction of sp³-hybridized carbons (Fsp3) is 0.857. The van der Waals surface area contributed by atoms with E-state index in [0.29, 0.717) is 0 Å². The van der Waals surface area contributed by atoms with Crippen LogP contribution in [0.3, 0.4) is 0 Å². The van der Waals surface area contributed by atoms with Gasteiger partial charge in [0.1, 0.15) is 6.04 Å². The van der Waals surface area contributed by atoms with Crippen molar-refractivity contribution < 1.29 is 14.7 Å². The van der Waals surface area contributed by atoms with Gasteiger partial charge in [-0.3, -0.25) is 9.59 Å². The second-order valence-corrected chi connectivity index (χ2v) is 5.68. The van der Waals surface area contributed by atoms with Crippen LogP contribution in [0, 0.1) is 11.8 Å². The molecule has 0 aliphatic heterocycles. The van der Waals surface area contributed by atoms with E-state index in [-0.39, 0.29) is 36.3 Å². The molecule has 1 aliphatic carbocycles. The van der Waals surface area contributed by atoms with Crippen molar-refractivity contribution in [1.29, 1.82) is 0 Å². The summed E-state index contributed by atoms with van der Waals surface area (Å²) in [7, 11) is 0. The fourth-order valence-corrected chi connectivity index (χ4v) is 2.52. The molecule has 0 aromatic carbocycles. The molecule has 0 saturated heterocycles. The Bertz CT molecular complexity index is 314. The highest BCUT2D eigenvalue weighted by Crippen LogP contribution is 2.28. The zero-order valence-corrected chi connectivity index (χ0v) is 12.1. The first-order valence-corrected chi connectivity index (χ1v) is 7.14. The third-order valence-corrected chi connectivity index (χ3v) is 4.02. The molecule has 1 rings (SSSR count). The molecule has 1 aliphatic rings. The first-order valence-electron chi connectivity index (χ1n) is 7.14. The number of aliphatic hydroxyl groups excluding tert-OH is 1. The summed E-state index contributed by atoms with van der Waals surface area (Å²) in [5.41, 5.74) is 0. The van der Waals surface area contributed by atoms with Crippen LogP contribution in [0.25, 0.3) is 0 Å². The van der Waals surface area contributed by atoms with E-state index in [2.05, 4.69) is 10.6 Å². The van der Waals surface area contributed by atoms with E-state index in [1.807, 2.05) is 13.8 Å². The van der Waals surface area contributed by atoms with Crippen molar-refractivity contribution in [3.8, 4) is 0 Å². The topological polar surface area (TPSA) is 78.4 Å². The minimum Gasteiger partial charge on any atom is -0.396 e. The van der Waals surface area contributed by atoms with Gasteiger partial charge in [0.2, 0.25) is 11.8 Å². The lowest BCUT2D eigenvalue weighted by Crippen LogP contribution is -2.53. The Labute approximate surface area is 115 Å².